The molecule has 0 unspecified atom stereocenters. The molecule has 2 heterocycles. The molecular weight excluding hydrogens is 296 g/mol. The number of nitrogens with zero attached hydrogens (tertiary/aromatic N) is 1. The van der Waals surface area contributed by atoms with Gasteiger partial charge in [0, 0.05) is 17.3 Å². The summed E-state index contributed by atoms with van der Waals surface area (Å²) in [6.07, 6.45) is 2.95. The molecule has 1 aliphatic heterocycles. The molecule has 1 fully saturated rings. The number of furan rings is 1. The van der Waals surface area contributed by atoms with Crippen molar-refractivity contribution in [2.75, 3.05) is 12.4 Å². The Bertz CT molecular complexity index is 778. The van der Waals surface area contributed by atoms with E-state index in [1.807, 2.05) is 24.3 Å². The van der Waals surface area contributed by atoms with Crippen molar-refractivity contribution < 1.29 is 18.7 Å². The second-order valence-corrected chi connectivity index (χ2v) is 5.73. The minimum absolute atomic E-state index is 0.0242. The molecule has 2 aromatic rings. The third-order valence-corrected chi connectivity index (χ3v) is 4.26. The smallest absolute Gasteiger partial charge is 0.374 e. The normalized spacial score (nSPS) is 20.0. The molecule has 1 atom stereocenters. The van der Waals surface area contributed by atoms with Crippen molar-refractivity contribution in [1.29, 1.82) is 0 Å². The van der Waals surface area contributed by atoms with Gasteiger partial charge in [-0.3, -0.25) is 4.79 Å². The molecule has 0 spiro atoms. The summed E-state index contributed by atoms with van der Waals surface area (Å²) in [6.45, 7) is 0. The van der Waals surface area contributed by atoms with Crippen LogP contribution in [0.15, 0.2) is 41.0 Å². The molecule has 1 N–H and O–H groups in total. The van der Waals surface area contributed by atoms with Gasteiger partial charge in [-0.15, -0.1) is 0 Å². The van der Waals surface area contributed by atoms with Gasteiger partial charge in [0.15, 0.2) is 0 Å². The highest BCUT2D eigenvalue weighted by Gasteiger charge is 2.43. The highest BCUT2D eigenvalue weighted by Crippen LogP contribution is 2.41. The molecule has 1 aromatic carbocycles. The molecule has 1 saturated carbocycles. The van der Waals surface area contributed by atoms with Crippen molar-refractivity contribution in [3.05, 3.63) is 53.5 Å². The van der Waals surface area contributed by atoms with E-state index < -0.39 is 12.1 Å². The number of hydrogen-bond donors (Lipinski definition) is 1. The van der Waals surface area contributed by atoms with E-state index in [1.165, 1.54) is 13.4 Å². The topological polar surface area (TPSA) is 71.8 Å². The van der Waals surface area contributed by atoms with Crippen LogP contribution in [0.3, 0.4) is 0 Å². The maximum Gasteiger partial charge on any atom is 0.374 e. The Hall–Kier alpha value is -2.76. The maximum atomic E-state index is 12.9. The molecule has 6 nitrogen and oxygen atoms in total. The lowest BCUT2D eigenvalue weighted by Crippen LogP contribution is -2.44. The van der Waals surface area contributed by atoms with E-state index in [1.54, 1.807) is 11.0 Å². The van der Waals surface area contributed by atoms with Crippen LogP contribution < -0.4 is 5.32 Å². The van der Waals surface area contributed by atoms with Crippen molar-refractivity contribution in [3.63, 3.8) is 0 Å². The molecule has 6 heteroatoms. The first-order chi connectivity index (χ1) is 11.2. The van der Waals surface area contributed by atoms with Gasteiger partial charge >= 0.3 is 5.97 Å². The molecule has 23 heavy (non-hydrogen) atoms. The average Bonchev–Trinajstić information content (AvgIpc) is 3.29. The van der Waals surface area contributed by atoms with E-state index in [2.05, 4.69) is 5.32 Å². The van der Waals surface area contributed by atoms with Crippen LogP contribution in [-0.4, -0.2) is 29.9 Å². The zero-order valence-electron chi connectivity index (χ0n) is 12.6. The molecule has 2 aliphatic rings. The molecular formula is C17H16N2O4. The number of esters is 1. The summed E-state index contributed by atoms with van der Waals surface area (Å²) in [5.41, 5.74) is 2.03. The van der Waals surface area contributed by atoms with E-state index in [0.29, 0.717) is 11.1 Å². The molecule has 118 valence electrons. The number of benzene rings is 1. The largest absolute Gasteiger partial charge is 0.463 e. The van der Waals surface area contributed by atoms with Gasteiger partial charge in [-0.2, -0.15) is 0 Å². The van der Waals surface area contributed by atoms with Gasteiger partial charge in [0.1, 0.15) is 6.17 Å². The Kier molecular flexibility index (Phi) is 3.11. The summed E-state index contributed by atoms with van der Waals surface area (Å²) in [6, 6.07) is 9.30. The van der Waals surface area contributed by atoms with Crippen LogP contribution in [0.4, 0.5) is 5.69 Å². The number of anilines is 1. The van der Waals surface area contributed by atoms with Crippen LogP contribution in [-0.2, 0) is 4.74 Å². The summed E-state index contributed by atoms with van der Waals surface area (Å²) < 4.78 is 10.1. The molecule has 0 bridgehead atoms. The first-order valence-corrected chi connectivity index (χ1v) is 7.54. The molecule has 1 aliphatic carbocycles. The minimum Gasteiger partial charge on any atom is -0.463 e. The van der Waals surface area contributed by atoms with Crippen LogP contribution in [0.25, 0.3) is 0 Å². The average molecular weight is 312 g/mol. The van der Waals surface area contributed by atoms with Gasteiger partial charge < -0.3 is 19.4 Å². The third kappa shape index (κ3) is 2.18. The van der Waals surface area contributed by atoms with Gasteiger partial charge in [0.25, 0.3) is 5.91 Å². The third-order valence-electron chi connectivity index (χ3n) is 4.26. The number of ether oxygens (including phenoxy) is 1. The van der Waals surface area contributed by atoms with Crippen LogP contribution in [0.2, 0.25) is 0 Å². The highest BCUT2D eigenvalue weighted by molar-refractivity contribution is 6.02. The lowest BCUT2D eigenvalue weighted by atomic mass is 10.0. The monoisotopic (exact) mass is 312 g/mol. The number of methoxy groups -OCH3 is 1. The standard InChI is InChI=1S/C17H16N2O4/c1-22-17(21)14-12(8-9-23-14)15-18-13-5-3-2-4-11(13)16(20)19(15)10-6-7-10/h2-5,8-10,15,18H,6-7H2,1H3/t15-/m1/s1. The summed E-state index contributed by atoms with van der Waals surface area (Å²) in [5.74, 6) is -0.444. The summed E-state index contributed by atoms with van der Waals surface area (Å²) in [5, 5.41) is 3.36. The summed E-state index contributed by atoms with van der Waals surface area (Å²) in [7, 11) is 1.31. The van der Waals surface area contributed by atoms with Crippen molar-refractivity contribution in [2.24, 2.45) is 0 Å². The van der Waals surface area contributed by atoms with E-state index >= 15 is 0 Å². The highest BCUT2D eigenvalue weighted by atomic mass is 16.5. The van der Waals surface area contributed by atoms with Crippen molar-refractivity contribution in [3.8, 4) is 0 Å². The Morgan fingerprint density at radius 2 is 2.09 bits per heavy atom. The number of carbonyl (C=O) groups excluding carboxylic acids is 2. The van der Waals surface area contributed by atoms with Gasteiger partial charge in [0.05, 0.1) is 18.9 Å². The van der Waals surface area contributed by atoms with Crippen LogP contribution in [0, 0.1) is 0 Å². The van der Waals surface area contributed by atoms with E-state index in [0.717, 1.165) is 18.5 Å². The second kappa shape index (κ2) is 5.15. The first kappa shape index (κ1) is 13.9. The van der Waals surface area contributed by atoms with Crippen molar-refractivity contribution in [2.45, 2.75) is 25.0 Å². The van der Waals surface area contributed by atoms with Gasteiger partial charge in [-0.1, -0.05) is 12.1 Å². The van der Waals surface area contributed by atoms with E-state index in [4.69, 9.17) is 9.15 Å². The Labute approximate surface area is 133 Å². The number of carbonyl (C=O) groups is 2. The molecule has 0 saturated heterocycles. The van der Waals surface area contributed by atoms with Gasteiger partial charge in [-0.05, 0) is 31.0 Å². The van der Waals surface area contributed by atoms with E-state index in [-0.39, 0.29) is 17.7 Å². The van der Waals surface area contributed by atoms with Crippen LogP contribution in [0.5, 0.6) is 0 Å². The SMILES string of the molecule is COC(=O)c1occc1[C@@H]1Nc2ccccc2C(=O)N1C1CC1. The molecule has 0 radical (unpaired) electrons. The number of hydrogen-bond acceptors (Lipinski definition) is 5. The Balaban J connectivity index is 1.80. The predicted octanol–water partition coefficient (Wildman–Crippen LogP) is 2.80. The molecule has 4 rings (SSSR count). The number of fused-ring (bicyclic) bond motifs is 1. The Morgan fingerprint density at radius 3 is 2.83 bits per heavy atom. The molecule has 1 amide bonds. The summed E-state index contributed by atoms with van der Waals surface area (Å²) >= 11 is 0. The van der Waals surface area contributed by atoms with Gasteiger partial charge in [0.2, 0.25) is 5.76 Å². The molecule has 1 aromatic heterocycles. The van der Waals surface area contributed by atoms with Crippen molar-refractivity contribution in [1.82, 2.24) is 4.90 Å². The first-order valence-electron chi connectivity index (χ1n) is 7.54. The van der Waals surface area contributed by atoms with Crippen LogP contribution >= 0.6 is 0 Å². The number of nitrogens with one attached hydrogen (secondary N) is 1. The second-order valence-electron chi connectivity index (χ2n) is 5.73. The fourth-order valence-electron chi connectivity index (χ4n) is 3.02. The number of para-hydroxylation sites is 1. The quantitative estimate of drug-likeness (QED) is 0.882. The fourth-order valence-corrected chi connectivity index (χ4v) is 3.02. The minimum atomic E-state index is -0.547. The summed E-state index contributed by atoms with van der Waals surface area (Å²) in [4.78, 5) is 26.6. The number of rotatable bonds is 3. The van der Waals surface area contributed by atoms with E-state index in [9.17, 15) is 9.59 Å². The fraction of sp³-hybridized carbons (Fsp3) is 0.294. The van der Waals surface area contributed by atoms with Crippen molar-refractivity contribution >= 4 is 17.6 Å². The lowest BCUT2D eigenvalue weighted by Gasteiger charge is -2.38. The lowest BCUT2D eigenvalue weighted by molar-refractivity contribution is 0.0549. The maximum absolute atomic E-state index is 12.9. The van der Waals surface area contributed by atoms with Gasteiger partial charge in [-0.25, -0.2) is 4.79 Å². The van der Waals surface area contributed by atoms with Crippen LogP contribution in [0.1, 0.15) is 45.5 Å². The zero-order valence-corrected chi connectivity index (χ0v) is 12.6. The zero-order chi connectivity index (χ0) is 16.0. The predicted molar refractivity (Wildman–Crippen MR) is 82.0 cm³/mol. The Morgan fingerprint density at radius 1 is 1.30 bits per heavy atom. The number of amides is 1.